The molecule has 0 radical (unpaired) electrons. The third kappa shape index (κ3) is 4.57. The molecule has 2 N–H and O–H groups in total. The van der Waals surface area contributed by atoms with E-state index in [1.54, 1.807) is 18.2 Å². The van der Waals surface area contributed by atoms with Gasteiger partial charge in [-0.1, -0.05) is 49.4 Å². The topological polar surface area (TPSA) is 84.1 Å². The average Bonchev–Trinajstić information content (AvgIpc) is 2.68. The first-order chi connectivity index (χ1) is 12.6. The lowest BCUT2D eigenvalue weighted by Crippen LogP contribution is -2.17. The van der Waals surface area contributed by atoms with Crippen molar-refractivity contribution in [2.75, 3.05) is 11.9 Å². The van der Waals surface area contributed by atoms with Crippen LogP contribution in [0.3, 0.4) is 0 Å². The van der Waals surface area contributed by atoms with Crippen LogP contribution in [0.25, 0.3) is 11.3 Å². The Labute approximate surface area is 150 Å². The van der Waals surface area contributed by atoms with Gasteiger partial charge < -0.3 is 4.74 Å². The Balaban J connectivity index is 1.54. The van der Waals surface area contributed by atoms with Gasteiger partial charge in [0.2, 0.25) is 0 Å². The third-order valence-corrected chi connectivity index (χ3v) is 3.94. The maximum Gasteiger partial charge on any atom is 0.411 e. The van der Waals surface area contributed by atoms with Crippen LogP contribution in [0.1, 0.15) is 18.4 Å². The number of aromatic nitrogens is 2. The monoisotopic (exact) mass is 349 g/mol. The van der Waals surface area contributed by atoms with E-state index >= 15 is 0 Å². The molecule has 26 heavy (non-hydrogen) atoms. The highest BCUT2D eigenvalue weighted by molar-refractivity contribution is 5.85. The summed E-state index contributed by atoms with van der Waals surface area (Å²) in [6, 6.07) is 20.1. The first kappa shape index (κ1) is 17.4. The number of aromatic amines is 1. The summed E-state index contributed by atoms with van der Waals surface area (Å²) in [6.07, 6.45) is -0.498. The number of hydrogen-bond donors (Lipinski definition) is 2. The van der Waals surface area contributed by atoms with Gasteiger partial charge in [-0.2, -0.15) is 5.10 Å². The summed E-state index contributed by atoms with van der Waals surface area (Å²) in [5.41, 5.74) is 2.97. The molecule has 3 aromatic rings. The molecule has 0 aliphatic heterocycles. The van der Waals surface area contributed by atoms with Gasteiger partial charge in [0.1, 0.15) is 0 Å². The molecule has 0 aliphatic rings. The van der Waals surface area contributed by atoms with E-state index in [-0.39, 0.29) is 11.5 Å². The number of nitrogens with zero attached hydrogens (tertiary/aromatic N) is 1. The van der Waals surface area contributed by atoms with Crippen LogP contribution in [0, 0.1) is 0 Å². The average molecular weight is 349 g/mol. The number of carbonyl (C=O) groups is 1. The van der Waals surface area contributed by atoms with Crippen molar-refractivity contribution in [1.29, 1.82) is 0 Å². The van der Waals surface area contributed by atoms with Crippen molar-refractivity contribution in [2.45, 2.75) is 12.8 Å². The Kier molecular flexibility index (Phi) is 5.43. The SMILES string of the molecule is CC(COC(=O)Nc1ccc(-c2ccc(=O)[nH]n2)cc1)c1ccccc1. The van der Waals surface area contributed by atoms with E-state index < -0.39 is 6.09 Å². The number of ether oxygens (including phenoxy) is 1. The molecule has 3 rings (SSSR count). The van der Waals surface area contributed by atoms with Crippen molar-refractivity contribution >= 4 is 11.8 Å². The van der Waals surface area contributed by atoms with Crippen LogP contribution in [0.15, 0.2) is 71.5 Å². The molecule has 0 bridgehead atoms. The molecule has 6 nitrogen and oxygen atoms in total. The van der Waals surface area contributed by atoms with Gasteiger partial charge in [0.25, 0.3) is 5.56 Å². The van der Waals surface area contributed by atoms with E-state index in [0.29, 0.717) is 18.0 Å². The number of H-pyrrole nitrogens is 1. The molecule has 2 aromatic carbocycles. The zero-order valence-electron chi connectivity index (χ0n) is 14.3. The molecule has 1 heterocycles. The minimum atomic E-state index is -0.498. The van der Waals surface area contributed by atoms with Gasteiger partial charge in [-0.05, 0) is 23.8 Å². The summed E-state index contributed by atoms with van der Waals surface area (Å²) in [5, 5.41) is 9.06. The molecule has 1 amide bonds. The fraction of sp³-hybridized carbons (Fsp3) is 0.150. The standard InChI is InChI=1S/C20H19N3O3/c1-14(15-5-3-2-4-6-15)13-26-20(25)21-17-9-7-16(8-10-17)18-11-12-19(24)23-22-18/h2-12,14H,13H2,1H3,(H,21,25)(H,23,24). The Bertz CT molecular complexity index is 901. The second-order valence-corrected chi connectivity index (χ2v) is 5.92. The van der Waals surface area contributed by atoms with Gasteiger partial charge in [-0.3, -0.25) is 10.1 Å². The van der Waals surface area contributed by atoms with Crippen LogP contribution < -0.4 is 10.9 Å². The molecule has 0 fully saturated rings. The van der Waals surface area contributed by atoms with Crippen LogP contribution in [-0.4, -0.2) is 22.9 Å². The molecular formula is C20H19N3O3. The van der Waals surface area contributed by atoms with E-state index in [0.717, 1.165) is 11.1 Å². The lowest BCUT2D eigenvalue weighted by molar-refractivity contribution is 0.155. The highest BCUT2D eigenvalue weighted by Crippen LogP contribution is 2.19. The van der Waals surface area contributed by atoms with Gasteiger partial charge >= 0.3 is 6.09 Å². The summed E-state index contributed by atoms with van der Waals surface area (Å²) in [4.78, 5) is 23.0. The second kappa shape index (κ2) is 8.11. The van der Waals surface area contributed by atoms with E-state index in [2.05, 4.69) is 15.5 Å². The zero-order valence-corrected chi connectivity index (χ0v) is 14.3. The van der Waals surface area contributed by atoms with Crippen molar-refractivity contribution in [3.63, 3.8) is 0 Å². The van der Waals surface area contributed by atoms with Crippen LogP contribution in [-0.2, 0) is 4.74 Å². The van der Waals surface area contributed by atoms with Crippen molar-refractivity contribution in [2.24, 2.45) is 0 Å². The van der Waals surface area contributed by atoms with Crippen molar-refractivity contribution in [3.8, 4) is 11.3 Å². The first-order valence-electron chi connectivity index (χ1n) is 8.27. The Hall–Kier alpha value is -3.41. The molecule has 1 aromatic heterocycles. The molecular weight excluding hydrogens is 330 g/mol. The predicted octanol–water partition coefficient (Wildman–Crippen LogP) is 3.79. The molecule has 132 valence electrons. The highest BCUT2D eigenvalue weighted by Gasteiger charge is 2.09. The summed E-state index contributed by atoms with van der Waals surface area (Å²) >= 11 is 0. The van der Waals surface area contributed by atoms with E-state index in [1.807, 2.05) is 49.4 Å². The summed E-state index contributed by atoms with van der Waals surface area (Å²) in [5.74, 6) is 0.121. The Morgan fingerprint density at radius 3 is 2.46 bits per heavy atom. The minimum absolute atomic E-state index is 0.121. The maximum absolute atomic E-state index is 12.0. The number of hydrogen-bond acceptors (Lipinski definition) is 4. The van der Waals surface area contributed by atoms with Crippen molar-refractivity contribution < 1.29 is 9.53 Å². The molecule has 6 heteroatoms. The summed E-state index contributed by atoms with van der Waals surface area (Å²) in [7, 11) is 0. The maximum atomic E-state index is 12.0. The smallest absolute Gasteiger partial charge is 0.411 e. The van der Waals surface area contributed by atoms with Gasteiger partial charge in [0, 0.05) is 23.2 Å². The van der Waals surface area contributed by atoms with Crippen molar-refractivity contribution in [1.82, 2.24) is 10.2 Å². The normalized spacial score (nSPS) is 11.6. The second-order valence-electron chi connectivity index (χ2n) is 5.92. The number of amides is 1. The first-order valence-corrected chi connectivity index (χ1v) is 8.27. The molecule has 1 unspecified atom stereocenters. The van der Waals surface area contributed by atoms with E-state index in [1.165, 1.54) is 6.07 Å². The number of carbonyl (C=O) groups excluding carboxylic acids is 1. The Morgan fingerprint density at radius 1 is 1.08 bits per heavy atom. The fourth-order valence-corrected chi connectivity index (χ4v) is 2.46. The summed E-state index contributed by atoms with van der Waals surface area (Å²) < 4.78 is 5.29. The largest absolute Gasteiger partial charge is 0.449 e. The molecule has 0 saturated carbocycles. The van der Waals surface area contributed by atoms with Gasteiger partial charge in [-0.25, -0.2) is 9.89 Å². The highest BCUT2D eigenvalue weighted by atomic mass is 16.5. The van der Waals surface area contributed by atoms with E-state index in [4.69, 9.17) is 4.74 Å². The van der Waals surface area contributed by atoms with Crippen LogP contribution in [0.2, 0.25) is 0 Å². The number of nitrogens with one attached hydrogen (secondary N) is 2. The summed E-state index contributed by atoms with van der Waals surface area (Å²) in [6.45, 7) is 2.31. The van der Waals surface area contributed by atoms with Crippen LogP contribution in [0.5, 0.6) is 0 Å². The van der Waals surface area contributed by atoms with Gasteiger partial charge in [0.05, 0.1) is 12.3 Å². The van der Waals surface area contributed by atoms with Gasteiger partial charge in [-0.15, -0.1) is 0 Å². The molecule has 0 aliphatic carbocycles. The quantitative estimate of drug-likeness (QED) is 0.734. The fourth-order valence-electron chi connectivity index (χ4n) is 2.46. The third-order valence-electron chi connectivity index (χ3n) is 3.94. The van der Waals surface area contributed by atoms with Crippen LogP contribution in [0.4, 0.5) is 10.5 Å². The zero-order chi connectivity index (χ0) is 18.4. The van der Waals surface area contributed by atoms with Crippen LogP contribution >= 0.6 is 0 Å². The molecule has 0 spiro atoms. The predicted molar refractivity (Wildman–Crippen MR) is 100 cm³/mol. The number of benzene rings is 2. The number of rotatable bonds is 5. The minimum Gasteiger partial charge on any atom is -0.449 e. The lowest BCUT2D eigenvalue weighted by Gasteiger charge is -2.13. The number of anilines is 1. The molecule has 1 atom stereocenters. The van der Waals surface area contributed by atoms with Gasteiger partial charge in [0.15, 0.2) is 0 Å². The van der Waals surface area contributed by atoms with E-state index in [9.17, 15) is 9.59 Å². The Morgan fingerprint density at radius 2 is 1.81 bits per heavy atom. The molecule has 0 saturated heterocycles. The lowest BCUT2D eigenvalue weighted by atomic mass is 10.0. The van der Waals surface area contributed by atoms with Crippen molar-refractivity contribution in [3.05, 3.63) is 82.6 Å².